The summed E-state index contributed by atoms with van der Waals surface area (Å²) in [6, 6.07) is 4.01. The fourth-order valence-electron chi connectivity index (χ4n) is 1.75. The van der Waals surface area contributed by atoms with Crippen LogP contribution in [0.1, 0.15) is 31.9 Å². The van der Waals surface area contributed by atoms with Crippen LogP contribution in [0.5, 0.6) is 5.75 Å². The number of methoxy groups -OCH3 is 1. The molecule has 0 atom stereocenters. The van der Waals surface area contributed by atoms with E-state index in [-0.39, 0.29) is 11.4 Å². The monoisotopic (exact) mass is 235 g/mol. The second-order valence-corrected chi connectivity index (χ2v) is 5.15. The fraction of sp³-hybridized carbons (Fsp3) is 0.462. The molecule has 0 aliphatic carbocycles. The molecule has 94 valence electrons. The summed E-state index contributed by atoms with van der Waals surface area (Å²) < 4.78 is 5.44. The highest BCUT2D eigenvalue weighted by atomic mass is 16.5. The molecule has 0 amide bonds. The topological polar surface area (TPSA) is 73.6 Å². The van der Waals surface area contributed by atoms with Crippen LogP contribution < -0.4 is 16.2 Å². The molecule has 0 aliphatic heterocycles. The maximum absolute atomic E-state index is 5.44. The molecule has 4 nitrogen and oxygen atoms in total. The normalized spacial score (nSPS) is 11.1. The zero-order valence-electron chi connectivity index (χ0n) is 11.2. The SMILES string of the molecule is COc1c(N=C(N)N)cc(C)cc1C(C)(C)C. The highest BCUT2D eigenvalue weighted by Crippen LogP contribution is 2.39. The lowest BCUT2D eigenvalue weighted by Gasteiger charge is -2.23. The van der Waals surface area contributed by atoms with Gasteiger partial charge in [-0.1, -0.05) is 26.8 Å². The zero-order chi connectivity index (χ0) is 13.2. The molecule has 0 fully saturated rings. The summed E-state index contributed by atoms with van der Waals surface area (Å²) in [6.45, 7) is 8.40. The van der Waals surface area contributed by atoms with Crippen molar-refractivity contribution >= 4 is 11.6 Å². The van der Waals surface area contributed by atoms with Crippen LogP contribution >= 0.6 is 0 Å². The average molecular weight is 235 g/mol. The van der Waals surface area contributed by atoms with Crippen LogP contribution in [0.15, 0.2) is 17.1 Å². The predicted octanol–water partition coefficient (Wildman–Crippen LogP) is 2.21. The number of nitrogens with two attached hydrogens (primary N) is 2. The lowest BCUT2D eigenvalue weighted by molar-refractivity contribution is 0.399. The molecule has 0 aromatic heterocycles. The van der Waals surface area contributed by atoms with E-state index in [1.807, 2.05) is 13.0 Å². The number of hydrogen-bond acceptors (Lipinski definition) is 2. The van der Waals surface area contributed by atoms with Gasteiger partial charge < -0.3 is 16.2 Å². The van der Waals surface area contributed by atoms with Gasteiger partial charge in [-0.3, -0.25) is 0 Å². The molecule has 17 heavy (non-hydrogen) atoms. The van der Waals surface area contributed by atoms with Crippen molar-refractivity contribution in [2.45, 2.75) is 33.1 Å². The molecule has 0 unspecified atom stereocenters. The Balaban J connectivity index is 3.52. The van der Waals surface area contributed by atoms with Gasteiger partial charge in [-0.25, -0.2) is 4.99 Å². The van der Waals surface area contributed by atoms with Crippen molar-refractivity contribution in [1.29, 1.82) is 0 Å². The van der Waals surface area contributed by atoms with Gasteiger partial charge in [0.05, 0.1) is 7.11 Å². The molecule has 1 aromatic carbocycles. The number of guanidine groups is 1. The van der Waals surface area contributed by atoms with Crippen LogP contribution in [0.3, 0.4) is 0 Å². The number of aryl methyl sites for hydroxylation is 1. The Bertz CT molecular complexity index is 441. The maximum atomic E-state index is 5.44. The predicted molar refractivity (Wildman–Crippen MR) is 71.9 cm³/mol. The highest BCUT2D eigenvalue weighted by Gasteiger charge is 2.21. The van der Waals surface area contributed by atoms with E-state index in [0.29, 0.717) is 5.69 Å². The van der Waals surface area contributed by atoms with Gasteiger partial charge in [0.1, 0.15) is 11.4 Å². The van der Waals surface area contributed by atoms with Crippen molar-refractivity contribution in [3.63, 3.8) is 0 Å². The minimum atomic E-state index is -0.0228. The molecular weight excluding hydrogens is 214 g/mol. The molecule has 0 radical (unpaired) electrons. The first-order valence-electron chi connectivity index (χ1n) is 5.54. The van der Waals surface area contributed by atoms with Gasteiger partial charge in [0.25, 0.3) is 0 Å². The van der Waals surface area contributed by atoms with E-state index < -0.39 is 0 Å². The summed E-state index contributed by atoms with van der Waals surface area (Å²) in [5, 5.41) is 0. The second-order valence-electron chi connectivity index (χ2n) is 5.15. The van der Waals surface area contributed by atoms with Crippen LogP contribution in [0.2, 0.25) is 0 Å². The van der Waals surface area contributed by atoms with Gasteiger partial charge in [0, 0.05) is 5.56 Å². The van der Waals surface area contributed by atoms with Crippen LogP contribution in [-0.2, 0) is 5.41 Å². The molecular formula is C13H21N3O. The van der Waals surface area contributed by atoms with Crippen molar-refractivity contribution in [2.75, 3.05) is 7.11 Å². The Morgan fingerprint density at radius 2 is 1.82 bits per heavy atom. The van der Waals surface area contributed by atoms with Crippen molar-refractivity contribution in [3.05, 3.63) is 23.3 Å². The Kier molecular flexibility index (Phi) is 3.66. The third-order valence-corrected chi connectivity index (χ3v) is 2.48. The molecule has 0 aliphatic rings. The number of nitrogens with zero attached hydrogens (tertiary/aromatic N) is 1. The summed E-state index contributed by atoms with van der Waals surface area (Å²) in [6.07, 6.45) is 0. The lowest BCUT2D eigenvalue weighted by Crippen LogP contribution is -2.22. The number of rotatable bonds is 2. The van der Waals surface area contributed by atoms with Crippen molar-refractivity contribution < 1.29 is 4.74 Å². The summed E-state index contributed by atoms with van der Waals surface area (Å²) >= 11 is 0. The van der Waals surface area contributed by atoms with Crippen molar-refractivity contribution in [1.82, 2.24) is 0 Å². The average Bonchev–Trinajstić information content (AvgIpc) is 2.14. The molecule has 4 N–H and O–H groups in total. The lowest BCUT2D eigenvalue weighted by atomic mass is 9.85. The first-order valence-corrected chi connectivity index (χ1v) is 5.54. The van der Waals surface area contributed by atoms with E-state index in [9.17, 15) is 0 Å². The first kappa shape index (κ1) is 13.4. The maximum Gasteiger partial charge on any atom is 0.191 e. The van der Waals surface area contributed by atoms with E-state index >= 15 is 0 Å². The van der Waals surface area contributed by atoms with Crippen LogP contribution in [-0.4, -0.2) is 13.1 Å². The van der Waals surface area contributed by atoms with Crippen LogP contribution in [0.25, 0.3) is 0 Å². The molecule has 0 bridgehead atoms. The standard InChI is InChI=1S/C13H21N3O/c1-8-6-9(13(2,3)4)11(17-5)10(7-8)16-12(14)15/h6-7H,1-5H3,(H4,14,15,16). The summed E-state index contributed by atoms with van der Waals surface area (Å²) in [7, 11) is 1.63. The van der Waals surface area contributed by atoms with E-state index in [1.54, 1.807) is 7.11 Å². The Morgan fingerprint density at radius 3 is 2.24 bits per heavy atom. The Hall–Kier alpha value is -1.71. The summed E-state index contributed by atoms with van der Waals surface area (Å²) in [5.74, 6) is 0.769. The number of aliphatic imine (C=N–C) groups is 1. The molecule has 4 heteroatoms. The first-order chi connectivity index (χ1) is 7.75. The van der Waals surface area contributed by atoms with Crippen LogP contribution in [0.4, 0.5) is 5.69 Å². The Labute approximate surface area is 103 Å². The smallest absolute Gasteiger partial charge is 0.191 e. The minimum absolute atomic E-state index is 0.0228. The van der Waals surface area contributed by atoms with Gasteiger partial charge >= 0.3 is 0 Å². The van der Waals surface area contributed by atoms with E-state index in [4.69, 9.17) is 16.2 Å². The third-order valence-electron chi connectivity index (χ3n) is 2.48. The van der Waals surface area contributed by atoms with Gasteiger partial charge in [-0.05, 0) is 24.0 Å². The molecule has 0 spiro atoms. The quantitative estimate of drug-likeness (QED) is 0.609. The molecule has 0 heterocycles. The van der Waals surface area contributed by atoms with Crippen molar-refractivity contribution in [2.24, 2.45) is 16.5 Å². The second kappa shape index (κ2) is 4.65. The largest absolute Gasteiger partial charge is 0.494 e. The minimum Gasteiger partial charge on any atom is -0.494 e. The number of hydrogen-bond donors (Lipinski definition) is 2. The fourth-order valence-corrected chi connectivity index (χ4v) is 1.75. The summed E-state index contributed by atoms with van der Waals surface area (Å²) in [5.41, 5.74) is 13.7. The highest BCUT2D eigenvalue weighted by molar-refractivity contribution is 5.80. The zero-order valence-corrected chi connectivity index (χ0v) is 11.2. The van der Waals surface area contributed by atoms with E-state index in [0.717, 1.165) is 16.9 Å². The molecule has 0 saturated heterocycles. The summed E-state index contributed by atoms with van der Waals surface area (Å²) in [4.78, 5) is 4.11. The number of benzene rings is 1. The Morgan fingerprint density at radius 1 is 1.24 bits per heavy atom. The van der Waals surface area contributed by atoms with Crippen LogP contribution in [0, 0.1) is 6.92 Å². The van der Waals surface area contributed by atoms with E-state index in [2.05, 4.69) is 31.8 Å². The molecule has 0 saturated carbocycles. The molecule has 1 aromatic rings. The van der Waals surface area contributed by atoms with Gasteiger partial charge in [-0.15, -0.1) is 0 Å². The molecule has 1 rings (SSSR count). The van der Waals surface area contributed by atoms with E-state index in [1.165, 1.54) is 0 Å². The third kappa shape index (κ3) is 3.12. The van der Waals surface area contributed by atoms with Gasteiger partial charge in [0.15, 0.2) is 5.96 Å². The number of ether oxygens (including phenoxy) is 1. The van der Waals surface area contributed by atoms with Crippen molar-refractivity contribution in [3.8, 4) is 5.75 Å². The van der Waals surface area contributed by atoms with Gasteiger partial charge in [-0.2, -0.15) is 0 Å². The van der Waals surface area contributed by atoms with Gasteiger partial charge in [0.2, 0.25) is 0 Å².